The molecule has 0 N–H and O–H groups in total. The van der Waals surface area contributed by atoms with Crippen molar-refractivity contribution in [2.45, 2.75) is 24.7 Å². The first kappa shape index (κ1) is 19.4. The maximum atomic E-state index is 13.1. The molecular formula is C20H23FN2O3S. The van der Waals surface area contributed by atoms with Crippen LogP contribution in [0.4, 0.5) is 10.1 Å². The highest BCUT2D eigenvalue weighted by atomic mass is 32.2. The van der Waals surface area contributed by atoms with Crippen LogP contribution in [0, 0.1) is 11.7 Å². The van der Waals surface area contributed by atoms with Gasteiger partial charge in [-0.25, -0.2) is 12.8 Å². The quantitative estimate of drug-likeness (QED) is 0.803. The van der Waals surface area contributed by atoms with Crippen molar-refractivity contribution in [2.24, 2.45) is 5.92 Å². The predicted molar refractivity (Wildman–Crippen MR) is 103 cm³/mol. The molecule has 1 fully saturated rings. The number of anilines is 1. The highest BCUT2D eigenvalue weighted by Crippen LogP contribution is 2.24. The molecule has 0 spiro atoms. The lowest BCUT2D eigenvalue weighted by Crippen LogP contribution is -2.39. The van der Waals surface area contributed by atoms with E-state index in [1.54, 1.807) is 17.0 Å². The Kier molecular flexibility index (Phi) is 5.51. The lowest BCUT2D eigenvalue weighted by atomic mass is 9.99. The van der Waals surface area contributed by atoms with Crippen molar-refractivity contribution < 1.29 is 17.6 Å². The van der Waals surface area contributed by atoms with Crippen LogP contribution in [0.5, 0.6) is 0 Å². The van der Waals surface area contributed by atoms with Crippen molar-refractivity contribution in [3.63, 3.8) is 0 Å². The number of carbonyl (C=O) groups is 1. The van der Waals surface area contributed by atoms with Crippen LogP contribution in [0.25, 0.3) is 0 Å². The van der Waals surface area contributed by atoms with Crippen LogP contribution in [-0.4, -0.2) is 39.4 Å². The van der Waals surface area contributed by atoms with Gasteiger partial charge in [0.05, 0.1) is 10.6 Å². The number of piperidine rings is 1. The Morgan fingerprint density at radius 1 is 1.19 bits per heavy atom. The van der Waals surface area contributed by atoms with E-state index in [2.05, 4.69) is 6.92 Å². The van der Waals surface area contributed by atoms with Crippen LogP contribution < -0.4 is 4.31 Å². The van der Waals surface area contributed by atoms with Gasteiger partial charge in [-0.05, 0) is 61.2 Å². The number of rotatable bonds is 4. The fourth-order valence-corrected chi connectivity index (χ4v) is 4.54. The molecule has 7 heteroatoms. The van der Waals surface area contributed by atoms with Gasteiger partial charge in [-0.15, -0.1) is 0 Å². The van der Waals surface area contributed by atoms with E-state index < -0.39 is 15.8 Å². The minimum atomic E-state index is -3.86. The molecule has 0 saturated carbocycles. The van der Waals surface area contributed by atoms with Gasteiger partial charge in [0.15, 0.2) is 0 Å². The maximum absolute atomic E-state index is 13.1. The minimum Gasteiger partial charge on any atom is -0.338 e. The van der Waals surface area contributed by atoms with Crippen molar-refractivity contribution in [1.82, 2.24) is 4.90 Å². The smallest absolute Gasteiger partial charge is 0.264 e. The van der Waals surface area contributed by atoms with E-state index in [0.717, 1.165) is 17.1 Å². The molecule has 2 aromatic rings. The van der Waals surface area contributed by atoms with Crippen LogP contribution in [0.2, 0.25) is 0 Å². The molecule has 1 atom stereocenters. The van der Waals surface area contributed by atoms with Crippen LogP contribution in [0.3, 0.4) is 0 Å². The van der Waals surface area contributed by atoms with E-state index in [-0.39, 0.29) is 10.8 Å². The normalized spacial score (nSPS) is 17.6. The summed E-state index contributed by atoms with van der Waals surface area (Å²) in [6.07, 6.45) is 2.05. The van der Waals surface area contributed by atoms with Crippen LogP contribution in [0.1, 0.15) is 30.1 Å². The molecule has 0 aromatic heterocycles. The Morgan fingerprint density at radius 2 is 1.89 bits per heavy atom. The molecule has 0 radical (unpaired) electrons. The number of halogens is 1. The molecule has 1 aliphatic rings. The van der Waals surface area contributed by atoms with Gasteiger partial charge in [0.2, 0.25) is 0 Å². The molecule has 1 saturated heterocycles. The van der Waals surface area contributed by atoms with E-state index in [4.69, 9.17) is 0 Å². The summed E-state index contributed by atoms with van der Waals surface area (Å²) in [5.74, 6) is -0.143. The lowest BCUT2D eigenvalue weighted by Gasteiger charge is -2.31. The van der Waals surface area contributed by atoms with E-state index in [0.29, 0.717) is 30.3 Å². The Hall–Kier alpha value is -2.41. The number of hydrogen-bond acceptors (Lipinski definition) is 3. The highest BCUT2D eigenvalue weighted by molar-refractivity contribution is 7.92. The average molecular weight is 390 g/mol. The fraction of sp³-hybridized carbons (Fsp3) is 0.350. The third kappa shape index (κ3) is 4.13. The number of amides is 1. The first-order valence-electron chi connectivity index (χ1n) is 8.93. The Bertz CT molecular complexity index is 928. The van der Waals surface area contributed by atoms with Crippen molar-refractivity contribution >= 4 is 21.6 Å². The summed E-state index contributed by atoms with van der Waals surface area (Å²) in [4.78, 5) is 14.6. The van der Waals surface area contributed by atoms with E-state index in [1.807, 2.05) is 0 Å². The number of hydrogen-bond donors (Lipinski definition) is 0. The van der Waals surface area contributed by atoms with Gasteiger partial charge >= 0.3 is 0 Å². The minimum absolute atomic E-state index is 0.0326. The SMILES string of the molecule is C[C@@H]1CCCN(C(=O)c2cccc(S(=O)(=O)N(C)c3ccc(F)cc3)c2)C1. The Morgan fingerprint density at radius 3 is 2.56 bits per heavy atom. The second-order valence-electron chi connectivity index (χ2n) is 6.98. The molecule has 0 aliphatic carbocycles. The Balaban J connectivity index is 1.87. The van der Waals surface area contributed by atoms with Gasteiger partial charge in [0, 0.05) is 25.7 Å². The molecule has 144 valence electrons. The number of sulfonamides is 1. The van der Waals surface area contributed by atoms with E-state index in [9.17, 15) is 17.6 Å². The van der Waals surface area contributed by atoms with Gasteiger partial charge in [0.1, 0.15) is 5.82 Å². The molecule has 0 bridgehead atoms. The van der Waals surface area contributed by atoms with Gasteiger partial charge in [-0.3, -0.25) is 9.10 Å². The monoisotopic (exact) mass is 390 g/mol. The van der Waals surface area contributed by atoms with Crippen LogP contribution in [-0.2, 0) is 10.0 Å². The second-order valence-corrected chi connectivity index (χ2v) is 8.94. The summed E-state index contributed by atoms with van der Waals surface area (Å²) >= 11 is 0. The van der Waals surface area contributed by atoms with Crippen molar-refractivity contribution in [1.29, 1.82) is 0 Å². The zero-order valence-electron chi connectivity index (χ0n) is 15.4. The standard InChI is InChI=1S/C20H23FN2O3S/c1-15-5-4-12-23(14-15)20(24)16-6-3-7-19(13-16)27(25,26)22(2)18-10-8-17(21)9-11-18/h3,6-11,13,15H,4-5,12,14H2,1-2H3/t15-/m1/s1. The predicted octanol–water partition coefficient (Wildman–Crippen LogP) is 3.52. The molecule has 1 aliphatic heterocycles. The summed E-state index contributed by atoms with van der Waals surface area (Å²) in [6.45, 7) is 3.49. The molecule has 2 aromatic carbocycles. The van der Waals surface area contributed by atoms with E-state index in [1.165, 1.54) is 43.4 Å². The summed E-state index contributed by atoms with van der Waals surface area (Å²) in [5, 5.41) is 0. The second kappa shape index (κ2) is 7.68. The van der Waals surface area contributed by atoms with Gasteiger partial charge in [-0.2, -0.15) is 0 Å². The number of carbonyl (C=O) groups excluding carboxylic acids is 1. The van der Waals surface area contributed by atoms with E-state index >= 15 is 0 Å². The van der Waals surface area contributed by atoms with Crippen LogP contribution in [0.15, 0.2) is 53.4 Å². The van der Waals surface area contributed by atoms with Gasteiger partial charge in [-0.1, -0.05) is 13.0 Å². The molecule has 0 unspecified atom stereocenters. The summed E-state index contributed by atoms with van der Waals surface area (Å²) in [6, 6.07) is 11.3. The van der Waals surface area contributed by atoms with Crippen molar-refractivity contribution in [2.75, 3.05) is 24.4 Å². The third-order valence-corrected chi connectivity index (χ3v) is 6.66. The fourth-order valence-electron chi connectivity index (χ4n) is 3.29. The van der Waals surface area contributed by atoms with Crippen LogP contribution >= 0.6 is 0 Å². The first-order chi connectivity index (χ1) is 12.8. The van der Waals surface area contributed by atoms with Gasteiger partial charge in [0.25, 0.3) is 15.9 Å². The maximum Gasteiger partial charge on any atom is 0.264 e. The average Bonchev–Trinajstić information content (AvgIpc) is 2.67. The molecule has 27 heavy (non-hydrogen) atoms. The zero-order chi connectivity index (χ0) is 19.6. The number of likely N-dealkylation sites (tertiary alicyclic amines) is 1. The topological polar surface area (TPSA) is 57.7 Å². The molecule has 3 rings (SSSR count). The summed E-state index contributed by atoms with van der Waals surface area (Å²) < 4.78 is 40.0. The third-order valence-electron chi connectivity index (χ3n) is 4.87. The Labute approximate surface area is 159 Å². The lowest BCUT2D eigenvalue weighted by molar-refractivity contribution is 0.0683. The summed E-state index contributed by atoms with van der Waals surface area (Å²) in [7, 11) is -2.46. The van der Waals surface area contributed by atoms with Crippen molar-refractivity contribution in [3.05, 3.63) is 59.9 Å². The number of nitrogens with zero attached hydrogens (tertiary/aromatic N) is 2. The summed E-state index contributed by atoms with van der Waals surface area (Å²) in [5.41, 5.74) is 0.704. The zero-order valence-corrected chi connectivity index (χ0v) is 16.2. The molecular weight excluding hydrogens is 367 g/mol. The molecule has 5 nitrogen and oxygen atoms in total. The molecule has 1 amide bonds. The van der Waals surface area contributed by atoms with Crippen molar-refractivity contribution in [3.8, 4) is 0 Å². The largest absolute Gasteiger partial charge is 0.338 e. The number of benzene rings is 2. The first-order valence-corrected chi connectivity index (χ1v) is 10.4. The van der Waals surface area contributed by atoms with Gasteiger partial charge < -0.3 is 4.90 Å². The highest BCUT2D eigenvalue weighted by Gasteiger charge is 2.25. The molecule has 1 heterocycles.